The summed E-state index contributed by atoms with van der Waals surface area (Å²) in [6.45, 7) is 5.42. The summed E-state index contributed by atoms with van der Waals surface area (Å²) in [6.07, 6.45) is 1.91. The molecule has 2 aliphatic rings. The van der Waals surface area contributed by atoms with Gasteiger partial charge in [-0.05, 0) is 50.5 Å². The molecule has 0 saturated carbocycles. The third-order valence-electron chi connectivity index (χ3n) is 6.37. The van der Waals surface area contributed by atoms with E-state index in [-0.39, 0.29) is 24.5 Å². The molecule has 3 rings (SSSR count). The SMILES string of the molecule is CC(=O)N(C)[C@H]1CC2(CCN(C(=O)c3ccc(OCCN)cc3)CC2)OC[C@]1(C)O. The molecule has 2 aliphatic heterocycles. The highest BCUT2D eigenvalue weighted by molar-refractivity contribution is 5.94. The average molecular weight is 420 g/mol. The van der Waals surface area contributed by atoms with E-state index >= 15 is 0 Å². The van der Waals surface area contributed by atoms with Gasteiger partial charge in [0, 0.05) is 39.2 Å². The van der Waals surface area contributed by atoms with Crippen molar-refractivity contribution in [3.05, 3.63) is 29.8 Å². The minimum atomic E-state index is -1.09. The third-order valence-corrected chi connectivity index (χ3v) is 6.37. The molecule has 3 N–H and O–H groups in total. The smallest absolute Gasteiger partial charge is 0.253 e. The predicted octanol–water partition coefficient (Wildman–Crippen LogP) is 1.02. The van der Waals surface area contributed by atoms with Gasteiger partial charge in [0.15, 0.2) is 0 Å². The Bertz CT molecular complexity index is 757. The third kappa shape index (κ3) is 4.77. The van der Waals surface area contributed by atoms with Crippen LogP contribution in [-0.4, -0.2) is 83.9 Å². The van der Waals surface area contributed by atoms with E-state index in [1.54, 1.807) is 43.1 Å². The van der Waals surface area contributed by atoms with Crippen molar-refractivity contribution >= 4 is 11.8 Å². The quantitative estimate of drug-likeness (QED) is 0.738. The van der Waals surface area contributed by atoms with Gasteiger partial charge in [0.1, 0.15) is 18.0 Å². The molecule has 8 heteroatoms. The van der Waals surface area contributed by atoms with Crippen LogP contribution in [0.25, 0.3) is 0 Å². The topological polar surface area (TPSA) is 105 Å². The van der Waals surface area contributed by atoms with Gasteiger partial charge in [-0.2, -0.15) is 0 Å². The molecule has 166 valence electrons. The number of ether oxygens (including phenoxy) is 2. The van der Waals surface area contributed by atoms with Gasteiger partial charge in [0.2, 0.25) is 5.91 Å². The van der Waals surface area contributed by atoms with Gasteiger partial charge in [-0.1, -0.05) is 0 Å². The molecular weight excluding hydrogens is 386 g/mol. The molecule has 0 bridgehead atoms. The first kappa shape index (κ1) is 22.5. The predicted molar refractivity (Wildman–Crippen MR) is 112 cm³/mol. The van der Waals surface area contributed by atoms with Crippen LogP contribution in [0.4, 0.5) is 0 Å². The van der Waals surface area contributed by atoms with Crippen LogP contribution in [0.3, 0.4) is 0 Å². The maximum Gasteiger partial charge on any atom is 0.253 e. The van der Waals surface area contributed by atoms with Crippen molar-refractivity contribution in [1.29, 1.82) is 0 Å². The molecule has 1 aromatic rings. The van der Waals surface area contributed by atoms with Crippen LogP contribution in [0.2, 0.25) is 0 Å². The lowest BCUT2D eigenvalue weighted by Crippen LogP contribution is -2.64. The Hall–Kier alpha value is -2.16. The number of piperidine rings is 1. The highest BCUT2D eigenvalue weighted by atomic mass is 16.5. The van der Waals surface area contributed by atoms with Crippen LogP contribution < -0.4 is 10.5 Å². The Morgan fingerprint density at radius 2 is 1.93 bits per heavy atom. The van der Waals surface area contributed by atoms with Gasteiger partial charge in [-0.3, -0.25) is 9.59 Å². The Kier molecular flexibility index (Phi) is 6.69. The summed E-state index contributed by atoms with van der Waals surface area (Å²) >= 11 is 0. The Morgan fingerprint density at radius 3 is 2.50 bits per heavy atom. The monoisotopic (exact) mass is 419 g/mol. The number of nitrogens with two attached hydrogens (primary N) is 1. The number of amides is 2. The van der Waals surface area contributed by atoms with Gasteiger partial charge in [-0.25, -0.2) is 0 Å². The van der Waals surface area contributed by atoms with E-state index in [1.807, 2.05) is 4.90 Å². The number of likely N-dealkylation sites (N-methyl/N-ethyl adjacent to an activating group) is 1. The van der Waals surface area contributed by atoms with Crippen molar-refractivity contribution in [3.63, 3.8) is 0 Å². The van der Waals surface area contributed by atoms with E-state index in [4.69, 9.17) is 15.2 Å². The maximum atomic E-state index is 12.9. The first-order valence-electron chi connectivity index (χ1n) is 10.5. The zero-order valence-electron chi connectivity index (χ0n) is 18.1. The summed E-state index contributed by atoms with van der Waals surface area (Å²) in [5.41, 5.74) is 4.54. The van der Waals surface area contributed by atoms with E-state index in [0.717, 1.165) is 0 Å². The minimum Gasteiger partial charge on any atom is -0.492 e. The summed E-state index contributed by atoms with van der Waals surface area (Å²) in [6, 6.07) is 6.79. The molecule has 2 heterocycles. The summed E-state index contributed by atoms with van der Waals surface area (Å²) in [5, 5.41) is 10.7. The fourth-order valence-corrected chi connectivity index (χ4v) is 4.32. The highest BCUT2D eigenvalue weighted by Crippen LogP contribution is 2.40. The maximum absolute atomic E-state index is 12.9. The van der Waals surface area contributed by atoms with Crippen molar-refractivity contribution in [1.82, 2.24) is 9.80 Å². The number of likely N-dealkylation sites (tertiary alicyclic amines) is 1. The first-order chi connectivity index (χ1) is 14.2. The second-order valence-electron chi connectivity index (χ2n) is 8.63. The number of carbonyl (C=O) groups excluding carboxylic acids is 2. The zero-order chi connectivity index (χ0) is 21.9. The molecule has 0 aromatic heterocycles. The molecule has 2 saturated heterocycles. The number of hydrogen-bond donors (Lipinski definition) is 2. The molecule has 30 heavy (non-hydrogen) atoms. The van der Waals surface area contributed by atoms with Gasteiger partial charge in [0.25, 0.3) is 5.91 Å². The van der Waals surface area contributed by atoms with Crippen LogP contribution in [-0.2, 0) is 9.53 Å². The Labute approximate surface area is 177 Å². The van der Waals surface area contributed by atoms with Crippen molar-refractivity contribution in [2.75, 3.05) is 39.9 Å². The number of hydrogen-bond acceptors (Lipinski definition) is 6. The summed E-state index contributed by atoms with van der Waals surface area (Å²) in [7, 11) is 1.72. The fourth-order valence-electron chi connectivity index (χ4n) is 4.32. The normalized spacial score (nSPS) is 25.8. The lowest BCUT2D eigenvalue weighted by molar-refractivity contribution is -0.207. The number of rotatable bonds is 5. The summed E-state index contributed by atoms with van der Waals surface area (Å²) in [4.78, 5) is 28.2. The summed E-state index contributed by atoms with van der Waals surface area (Å²) in [5.74, 6) is 0.595. The molecule has 2 atom stereocenters. The van der Waals surface area contributed by atoms with Crippen LogP contribution >= 0.6 is 0 Å². The van der Waals surface area contributed by atoms with E-state index in [0.29, 0.717) is 56.8 Å². The number of nitrogens with zero attached hydrogens (tertiary/aromatic N) is 2. The lowest BCUT2D eigenvalue weighted by atomic mass is 9.77. The van der Waals surface area contributed by atoms with Gasteiger partial charge in [-0.15, -0.1) is 0 Å². The molecule has 8 nitrogen and oxygen atoms in total. The molecule has 0 radical (unpaired) electrons. The number of carbonyl (C=O) groups is 2. The molecule has 2 amide bonds. The van der Waals surface area contributed by atoms with Crippen LogP contribution in [0.15, 0.2) is 24.3 Å². The largest absolute Gasteiger partial charge is 0.492 e. The molecule has 1 spiro atoms. The lowest BCUT2D eigenvalue weighted by Gasteiger charge is -2.52. The van der Waals surface area contributed by atoms with Crippen molar-refractivity contribution in [3.8, 4) is 5.75 Å². The summed E-state index contributed by atoms with van der Waals surface area (Å²) < 4.78 is 11.6. The second kappa shape index (κ2) is 8.91. The van der Waals surface area contributed by atoms with E-state index in [9.17, 15) is 14.7 Å². The van der Waals surface area contributed by atoms with Crippen molar-refractivity contribution in [2.24, 2.45) is 5.73 Å². The van der Waals surface area contributed by atoms with Gasteiger partial charge in [0.05, 0.1) is 18.2 Å². The number of aliphatic hydroxyl groups is 1. The zero-order valence-corrected chi connectivity index (χ0v) is 18.1. The van der Waals surface area contributed by atoms with Gasteiger partial charge < -0.3 is 30.1 Å². The van der Waals surface area contributed by atoms with Gasteiger partial charge >= 0.3 is 0 Å². The highest BCUT2D eigenvalue weighted by Gasteiger charge is 2.50. The molecular formula is C22H33N3O5. The van der Waals surface area contributed by atoms with E-state index < -0.39 is 11.2 Å². The van der Waals surface area contributed by atoms with E-state index in [2.05, 4.69) is 0 Å². The van der Waals surface area contributed by atoms with Crippen LogP contribution in [0, 0.1) is 0 Å². The van der Waals surface area contributed by atoms with Crippen LogP contribution in [0.5, 0.6) is 5.75 Å². The standard InChI is InChI=1S/C22H33N3O5/c1-16(26)24(3)19-14-22(30-15-21(19,2)28)8-11-25(12-9-22)20(27)17-4-6-18(7-5-17)29-13-10-23/h4-7,19,28H,8-15,23H2,1-3H3/t19-,21-/m0/s1. The fraction of sp³-hybridized carbons (Fsp3) is 0.636. The Balaban J connectivity index is 1.62. The minimum absolute atomic E-state index is 0.0181. The molecule has 0 aliphatic carbocycles. The first-order valence-corrected chi connectivity index (χ1v) is 10.5. The second-order valence-corrected chi connectivity index (χ2v) is 8.63. The van der Waals surface area contributed by atoms with Crippen molar-refractivity contribution < 1.29 is 24.2 Å². The van der Waals surface area contributed by atoms with E-state index in [1.165, 1.54) is 6.92 Å². The molecule has 2 fully saturated rings. The average Bonchev–Trinajstić information content (AvgIpc) is 2.74. The number of benzene rings is 1. The molecule has 1 aromatic carbocycles. The Morgan fingerprint density at radius 1 is 1.30 bits per heavy atom. The van der Waals surface area contributed by atoms with Crippen LogP contribution in [0.1, 0.15) is 43.5 Å². The molecule has 0 unspecified atom stereocenters. The van der Waals surface area contributed by atoms with Crippen molar-refractivity contribution in [2.45, 2.75) is 50.4 Å².